The van der Waals surface area contributed by atoms with Crippen molar-refractivity contribution in [3.05, 3.63) is 28.5 Å². The highest BCUT2D eigenvalue weighted by molar-refractivity contribution is 9.10. The zero-order valence-corrected chi connectivity index (χ0v) is 13.3. The van der Waals surface area contributed by atoms with Crippen molar-refractivity contribution in [2.24, 2.45) is 0 Å². The van der Waals surface area contributed by atoms with Crippen LogP contribution < -0.4 is 0 Å². The molecule has 0 aliphatic carbocycles. The van der Waals surface area contributed by atoms with Gasteiger partial charge in [0.1, 0.15) is 0 Å². The fraction of sp³-hybridized carbons (Fsp3) is 0.583. The maximum Gasteiger partial charge on any atom is 0.192 e. The van der Waals surface area contributed by atoms with Gasteiger partial charge in [0.2, 0.25) is 0 Å². The lowest BCUT2D eigenvalue weighted by Crippen LogP contribution is -2.40. The fourth-order valence-electron chi connectivity index (χ4n) is 0.963. The highest BCUT2D eigenvalue weighted by atomic mass is 79.9. The Balaban J connectivity index is 2.61. The van der Waals surface area contributed by atoms with Crippen LogP contribution in [-0.4, -0.2) is 13.3 Å². The Bertz CT molecular complexity index is 343. The molecule has 1 aromatic heterocycles. The van der Waals surface area contributed by atoms with Crippen LogP contribution in [-0.2, 0) is 11.0 Å². The molecule has 16 heavy (non-hydrogen) atoms. The first-order valence-electron chi connectivity index (χ1n) is 5.47. The summed E-state index contributed by atoms with van der Waals surface area (Å²) in [6, 6.07) is 3.99. The van der Waals surface area contributed by atoms with Crippen LogP contribution in [0.2, 0.25) is 18.1 Å². The maximum absolute atomic E-state index is 6.08. The van der Waals surface area contributed by atoms with E-state index < -0.39 is 8.32 Å². The van der Waals surface area contributed by atoms with Gasteiger partial charge in [-0.25, -0.2) is 0 Å². The molecule has 0 saturated carbocycles. The predicted octanol–water partition coefficient (Wildman–Crippen LogP) is 4.37. The molecule has 0 radical (unpaired) electrons. The molecule has 0 N–H and O–H groups in total. The van der Waals surface area contributed by atoms with Crippen molar-refractivity contribution < 1.29 is 4.43 Å². The zero-order valence-electron chi connectivity index (χ0n) is 10.7. The van der Waals surface area contributed by atoms with Crippen molar-refractivity contribution >= 4 is 24.2 Å². The topological polar surface area (TPSA) is 22.1 Å². The number of hydrogen-bond acceptors (Lipinski definition) is 2. The van der Waals surface area contributed by atoms with Gasteiger partial charge in [-0.3, -0.25) is 4.98 Å². The molecule has 0 aliphatic heterocycles. The summed E-state index contributed by atoms with van der Waals surface area (Å²) in [5.74, 6) is 0. The molecule has 0 spiro atoms. The van der Waals surface area contributed by atoms with Gasteiger partial charge in [-0.05, 0) is 46.2 Å². The number of hydrogen-bond donors (Lipinski definition) is 0. The Morgan fingerprint density at radius 2 is 1.94 bits per heavy atom. The summed E-state index contributed by atoms with van der Waals surface area (Å²) < 4.78 is 7.08. The molecule has 0 atom stereocenters. The normalized spacial score (nSPS) is 12.9. The minimum atomic E-state index is -1.65. The first-order chi connectivity index (χ1) is 7.22. The van der Waals surface area contributed by atoms with E-state index >= 15 is 0 Å². The molecule has 0 aliphatic rings. The van der Waals surface area contributed by atoms with Gasteiger partial charge in [0.25, 0.3) is 0 Å². The van der Waals surface area contributed by atoms with Gasteiger partial charge in [0, 0.05) is 10.7 Å². The molecule has 1 aromatic rings. The fourth-order valence-corrected chi connectivity index (χ4v) is 2.14. The summed E-state index contributed by atoms with van der Waals surface area (Å²) in [4.78, 5) is 4.31. The summed E-state index contributed by atoms with van der Waals surface area (Å²) in [5, 5.41) is 0.252. The van der Waals surface area contributed by atoms with Crippen molar-refractivity contribution in [1.82, 2.24) is 4.98 Å². The lowest BCUT2D eigenvalue weighted by molar-refractivity contribution is 0.272. The first kappa shape index (κ1) is 13.9. The Hall–Kier alpha value is -0.193. The van der Waals surface area contributed by atoms with Crippen LogP contribution in [0.5, 0.6) is 0 Å². The highest BCUT2D eigenvalue weighted by Gasteiger charge is 2.37. The van der Waals surface area contributed by atoms with Crippen LogP contribution in [0.25, 0.3) is 0 Å². The van der Waals surface area contributed by atoms with Crippen LogP contribution in [0.4, 0.5) is 0 Å². The lowest BCUT2D eigenvalue weighted by Gasteiger charge is -2.36. The van der Waals surface area contributed by atoms with Gasteiger partial charge in [0.15, 0.2) is 8.32 Å². The highest BCUT2D eigenvalue weighted by Crippen LogP contribution is 2.36. The van der Waals surface area contributed by atoms with Gasteiger partial charge >= 0.3 is 0 Å². The smallest absolute Gasteiger partial charge is 0.192 e. The second-order valence-corrected chi connectivity index (χ2v) is 11.2. The molecule has 0 fully saturated rings. The zero-order chi connectivity index (χ0) is 12.4. The van der Waals surface area contributed by atoms with Crippen molar-refractivity contribution in [3.63, 3.8) is 0 Å². The molecule has 0 unspecified atom stereocenters. The monoisotopic (exact) mass is 301 g/mol. The second-order valence-electron chi connectivity index (χ2n) is 5.52. The summed E-state index contributed by atoms with van der Waals surface area (Å²) in [7, 11) is -1.65. The van der Waals surface area contributed by atoms with Crippen molar-refractivity contribution in [2.75, 3.05) is 0 Å². The molecule has 0 saturated heterocycles. The van der Waals surface area contributed by atoms with Crippen LogP contribution in [0.3, 0.4) is 0 Å². The van der Waals surface area contributed by atoms with Gasteiger partial charge in [-0.2, -0.15) is 0 Å². The first-order valence-corrected chi connectivity index (χ1v) is 9.17. The van der Waals surface area contributed by atoms with Crippen LogP contribution in [0, 0.1) is 0 Å². The van der Waals surface area contributed by atoms with Gasteiger partial charge < -0.3 is 4.43 Å². The third kappa shape index (κ3) is 3.68. The third-order valence-corrected chi connectivity index (χ3v) is 8.12. The average molecular weight is 302 g/mol. The van der Waals surface area contributed by atoms with Crippen molar-refractivity contribution in [1.29, 1.82) is 0 Å². The number of aromatic nitrogens is 1. The van der Waals surface area contributed by atoms with E-state index in [1.807, 2.05) is 18.3 Å². The van der Waals surface area contributed by atoms with E-state index in [1.165, 1.54) is 0 Å². The minimum absolute atomic E-state index is 0.252. The average Bonchev–Trinajstić information content (AvgIpc) is 2.15. The summed E-state index contributed by atoms with van der Waals surface area (Å²) in [5.41, 5.74) is 0.994. The predicted molar refractivity (Wildman–Crippen MR) is 73.9 cm³/mol. The largest absolute Gasteiger partial charge is 0.411 e. The Morgan fingerprint density at radius 1 is 1.31 bits per heavy atom. The van der Waals surface area contributed by atoms with E-state index in [9.17, 15) is 0 Å². The Morgan fingerprint density at radius 3 is 2.38 bits per heavy atom. The molecule has 0 amide bonds. The molecule has 1 heterocycles. The van der Waals surface area contributed by atoms with E-state index in [0.717, 1.165) is 10.2 Å². The Labute approximate surface area is 108 Å². The second kappa shape index (κ2) is 4.98. The third-order valence-electron chi connectivity index (χ3n) is 3.18. The van der Waals surface area contributed by atoms with Gasteiger partial charge in [-0.1, -0.05) is 20.8 Å². The molecule has 90 valence electrons. The molecule has 4 heteroatoms. The van der Waals surface area contributed by atoms with Gasteiger partial charge in [0.05, 0.1) is 12.3 Å². The Kier molecular flexibility index (Phi) is 4.32. The van der Waals surface area contributed by atoms with E-state index in [4.69, 9.17) is 4.43 Å². The number of pyridine rings is 1. The lowest BCUT2D eigenvalue weighted by atomic mass is 10.2. The van der Waals surface area contributed by atoms with Crippen LogP contribution in [0.1, 0.15) is 26.5 Å². The summed E-state index contributed by atoms with van der Waals surface area (Å²) >= 11 is 3.37. The minimum Gasteiger partial charge on any atom is -0.411 e. The van der Waals surface area contributed by atoms with E-state index in [1.54, 1.807) is 0 Å². The molecule has 2 nitrogen and oxygen atoms in total. The molecular formula is C12H20BrNOSi. The van der Waals surface area contributed by atoms with E-state index in [2.05, 4.69) is 54.8 Å². The van der Waals surface area contributed by atoms with E-state index in [0.29, 0.717) is 6.61 Å². The molecule has 0 bridgehead atoms. The van der Waals surface area contributed by atoms with Crippen molar-refractivity contribution in [3.8, 4) is 0 Å². The summed E-state index contributed by atoms with van der Waals surface area (Å²) in [6.07, 6.45) is 1.81. The molecule has 0 aromatic carbocycles. The number of rotatable bonds is 3. The molecular weight excluding hydrogens is 282 g/mol. The quantitative estimate of drug-likeness (QED) is 0.774. The molecule has 1 rings (SSSR count). The maximum atomic E-state index is 6.08. The van der Waals surface area contributed by atoms with Gasteiger partial charge in [-0.15, -0.1) is 0 Å². The van der Waals surface area contributed by atoms with Crippen LogP contribution in [0.15, 0.2) is 22.8 Å². The number of halogens is 1. The standard InChI is InChI=1S/C12H20BrNOSi/c1-12(2,3)16(4,5)15-9-11-7-6-10(13)8-14-11/h6-8H,9H2,1-5H3. The van der Waals surface area contributed by atoms with Crippen molar-refractivity contribution in [2.45, 2.75) is 45.5 Å². The number of nitrogens with zero attached hydrogens (tertiary/aromatic N) is 1. The van der Waals surface area contributed by atoms with Crippen LogP contribution >= 0.6 is 15.9 Å². The summed E-state index contributed by atoms with van der Waals surface area (Å²) in [6.45, 7) is 11.9. The van der Waals surface area contributed by atoms with E-state index in [-0.39, 0.29) is 5.04 Å². The SMILES string of the molecule is CC(C)(C)[Si](C)(C)OCc1ccc(Br)cn1.